The molecule has 0 unspecified atom stereocenters. The molecule has 1 atom stereocenters. The Morgan fingerprint density at radius 2 is 2.00 bits per heavy atom. The normalized spacial score (nSPS) is 13.8. The molecule has 0 spiro atoms. The van der Waals surface area contributed by atoms with Crippen molar-refractivity contribution in [1.29, 1.82) is 0 Å². The van der Waals surface area contributed by atoms with Gasteiger partial charge in [-0.05, 0) is 12.3 Å². The van der Waals surface area contributed by atoms with Crippen LogP contribution < -0.4 is 0 Å². The summed E-state index contributed by atoms with van der Waals surface area (Å²) >= 11 is 0. The summed E-state index contributed by atoms with van der Waals surface area (Å²) in [5.41, 5.74) is -0.00132. The second kappa shape index (κ2) is 3.56. The fourth-order valence-corrected chi connectivity index (χ4v) is 0.399. The molecule has 0 aromatic rings. The van der Waals surface area contributed by atoms with Crippen LogP contribution in [0.25, 0.3) is 0 Å². The lowest BCUT2D eigenvalue weighted by Gasteiger charge is -2.26. The lowest BCUT2D eigenvalue weighted by Crippen LogP contribution is -2.27. The van der Waals surface area contributed by atoms with E-state index in [1.54, 1.807) is 0 Å². The highest BCUT2D eigenvalue weighted by Crippen LogP contribution is 2.21. The number of ether oxygens (including phenoxy) is 1. The van der Waals surface area contributed by atoms with Gasteiger partial charge in [0.1, 0.15) is 6.10 Å². The van der Waals surface area contributed by atoms with Crippen molar-refractivity contribution in [1.82, 2.24) is 0 Å². The predicted molar refractivity (Wildman–Crippen MR) is 45.2 cm³/mol. The maximum absolute atomic E-state index is 10.7. The average molecular weight is 156 g/mol. The van der Waals surface area contributed by atoms with E-state index in [-0.39, 0.29) is 17.5 Å². The molecule has 0 heterocycles. The molecule has 0 aliphatic rings. The summed E-state index contributed by atoms with van der Waals surface area (Å²) in [6.45, 7) is 11.3. The number of rotatable bonds is 2. The lowest BCUT2D eigenvalue weighted by atomic mass is 9.90. The molecule has 0 amide bonds. The molecule has 0 bridgehead atoms. The van der Waals surface area contributed by atoms with Crippen LogP contribution in [0.5, 0.6) is 0 Å². The van der Waals surface area contributed by atoms with Crippen molar-refractivity contribution in [2.75, 3.05) is 0 Å². The van der Waals surface area contributed by atoms with E-state index in [1.165, 1.54) is 6.08 Å². The first kappa shape index (κ1) is 10.2. The summed E-state index contributed by atoms with van der Waals surface area (Å²) in [5, 5.41) is 0. The maximum atomic E-state index is 10.7. The standard InChI is InChI=1S/C9H16O2/c1-6-8(10)11-7(2)9(3,4)5/h6-7H,1H2,2-5H3/t7-/m0/s1. The van der Waals surface area contributed by atoms with Crippen LogP contribution in [0.2, 0.25) is 0 Å². The van der Waals surface area contributed by atoms with E-state index in [0.29, 0.717) is 0 Å². The first-order valence-electron chi connectivity index (χ1n) is 3.71. The van der Waals surface area contributed by atoms with Crippen molar-refractivity contribution in [3.8, 4) is 0 Å². The Morgan fingerprint density at radius 3 is 2.27 bits per heavy atom. The number of carbonyl (C=O) groups is 1. The summed E-state index contributed by atoms with van der Waals surface area (Å²) in [7, 11) is 0. The fourth-order valence-electron chi connectivity index (χ4n) is 0.399. The van der Waals surface area contributed by atoms with E-state index in [4.69, 9.17) is 4.74 Å². The van der Waals surface area contributed by atoms with Crippen LogP contribution in [0, 0.1) is 5.41 Å². The molecule has 0 saturated carbocycles. The van der Waals surface area contributed by atoms with E-state index in [9.17, 15) is 4.79 Å². The highest BCUT2D eigenvalue weighted by molar-refractivity contribution is 5.81. The first-order valence-corrected chi connectivity index (χ1v) is 3.71. The summed E-state index contributed by atoms with van der Waals surface area (Å²) in [5.74, 6) is -0.354. The SMILES string of the molecule is C=CC(=O)O[C@@H](C)C(C)(C)C. The van der Waals surface area contributed by atoms with Gasteiger partial charge in [0.05, 0.1) is 0 Å². The van der Waals surface area contributed by atoms with E-state index in [1.807, 2.05) is 27.7 Å². The molecule has 0 aliphatic carbocycles. The Labute approximate surface area is 68.2 Å². The monoisotopic (exact) mass is 156 g/mol. The Balaban J connectivity index is 3.97. The summed E-state index contributed by atoms with van der Waals surface area (Å²) in [4.78, 5) is 10.7. The molecule has 64 valence electrons. The van der Waals surface area contributed by atoms with Crippen molar-refractivity contribution in [3.63, 3.8) is 0 Å². The number of hydrogen-bond acceptors (Lipinski definition) is 2. The van der Waals surface area contributed by atoms with Gasteiger partial charge in [-0.3, -0.25) is 0 Å². The molecule has 0 aliphatic heterocycles. The van der Waals surface area contributed by atoms with E-state index >= 15 is 0 Å². The van der Waals surface area contributed by atoms with Gasteiger partial charge in [0.15, 0.2) is 0 Å². The topological polar surface area (TPSA) is 26.3 Å². The van der Waals surface area contributed by atoms with Crippen molar-refractivity contribution < 1.29 is 9.53 Å². The van der Waals surface area contributed by atoms with Crippen LogP contribution in [0.3, 0.4) is 0 Å². The highest BCUT2D eigenvalue weighted by Gasteiger charge is 2.22. The van der Waals surface area contributed by atoms with Crippen LogP contribution in [-0.2, 0) is 9.53 Å². The second-order valence-electron chi connectivity index (χ2n) is 3.65. The van der Waals surface area contributed by atoms with Gasteiger partial charge < -0.3 is 4.74 Å². The molecule has 0 N–H and O–H groups in total. The highest BCUT2D eigenvalue weighted by atomic mass is 16.5. The van der Waals surface area contributed by atoms with Crippen molar-refractivity contribution >= 4 is 5.97 Å². The van der Waals surface area contributed by atoms with Crippen LogP contribution >= 0.6 is 0 Å². The summed E-state index contributed by atoms with van der Waals surface area (Å²) in [6, 6.07) is 0. The van der Waals surface area contributed by atoms with Gasteiger partial charge in [-0.15, -0.1) is 0 Å². The van der Waals surface area contributed by atoms with Crippen LogP contribution in [-0.4, -0.2) is 12.1 Å². The molecule has 2 nitrogen and oxygen atoms in total. The summed E-state index contributed by atoms with van der Waals surface area (Å²) in [6.07, 6.45) is 1.11. The minimum absolute atomic E-state index is 0.00132. The predicted octanol–water partition coefficient (Wildman–Crippen LogP) is 2.15. The summed E-state index contributed by atoms with van der Waals surface area (Å²) < 4.78 is 5.01. The molecular formula is C9H16O2. The number of hydrogen-bond donors (Lipinski definition) is 0. The quantitative estimate of drug-likeness (QED) is 0.452. The number of carbonyl (C=O) groups excluding carboxylic acids is 1. The third-order valence-corrected chi connectivity index (χ3v) is 1.68. The van der Waals surface area contributed by atoms with Crippen molar-refractivity contribution in [2.24, 2.45) is 5.41 Å². The zero-order valence-electron chi connectivity index (χ0n) is 7.68. The van der Waals surface area contributed by atoms with Crippen LogP contribution in [0.1, 0.15) is 27.7 Å². The van der Waals surface area contributed by atoms with Gasteiger partial charge >= 0.3 is 5.97 Å². The molecule has 0 aromatic carbocycles. The molecule has 2 heteroatoms. The van der Waals surface area contributed by atoms with E-state index in [2.05, 4.69) is 6.58 Å². The van der Waals surface area contributed by atoms with Gasteiger partial charge in [-0.2, -0.15) is 0 Å². The molecule has 0 aromatic heterocycles. The van der Waals surface area contributed by atoms with Crippen LogP contribution in [0.4, 0.5) is 0 Å². The van der Waals surface area contributed by atoms with Crippen molar-refractivity contribution in [2.45, 2.75) is 33.8 Å². The third-order valence-electron chi connectivity index (χ3n) is 1.68. The molecule has 0 radical (unpaired) electrons. The average Bonchev–Trinajstić information content (AvgIpc) is 1.85. The Bertz CT molecular complexity index is 153. The Kier molecular flexibility index (Phi) is 3.30. The largest absolute Gasteiger partial charge is 0.459 e. The van der Waals surface area contributed by atoms with E-state index in [0.717, 1.165) is 0 Å². The van der Waals surface area contributed by atoms with E-state index < -0.39 is 0 Å². The smallest absolute Gasteiger partial charge is 0.330 e. The zero-order chi connectivity index (χ0) is 9.07. The molecule has 11 heavy (non-hydrogen) atoms. The fraction of sp³-hybridized carbons (Fsp3) is 0.667. The minimum Gasteiger partial charge on any atom is -0.459 e. The van der Waals surface area contributed by atoms with Gasteiger partial charge in [0.2, 0.25) is 0 Å². The van der Waals surface area contributed by atoms with Crippen molar-refractivity contribution in [3.05, 3.63) is 12.7 Å². The number of esters is 1. The van der Waals surface area contributed by atoms with Gasteiger partial charge in [0.25, 0.3) is 0 Å². The zero-order valence-corrected chi connectivity index (χ0v) is 7.68. The van der Waals surface area contributed by atoms with Gasteiger partial charge in [-0.1, -0.05) is 27.4 Å². The molecule has 0 saturated heterocycles. The van der Waals surface area contributed by atoms with Crippen LogP contribution in [0.15, 0.2) is 12.7 Å². The lowest BCUT2D eigenvalue weighted by molar-refractivity contribution is -0.147. The first-order chi connectivity index (χ1) is 4.88. The Morgan fingerprint density at radius 1 is 1.55 bits per heavy atom. The molecule has 0 rings (SSSR count). The molecular weight excluding hydrogens is 140 g/mol. The third kappa shape index (κ3) is 3.81. The minimum atomic E-state index is -0.354. The second-order valence-corrected chi connectivity index (χ2v) is 3.65. The molecule has 0 fully saturated rings. The maximum Gasteiger partial charge on any atom is 0.330 e. The van der Waals surface area contributed by atoms with Gasteiger partial charge in [-0.25, -0.2) is 4.79 Å². The van der Waals surface area contributed by atoms with Gasteiger partial charge in [0, 0.05) is 6.08 Å². The Hall–Kier alpha value is -0.790.